The molecule has 1 unspecified atom stereocenters. The molecule has 1 heterocycles. The molecule has 0 fully saturated rings. The van der Waals surface area contributed by atoms with Crippen molar-refractivity contribution in [3.05, 3.63) is 12.2 Å². The third kappa shape index (κ3) is 4.81. The lowest BCUT2D eigenvalue weighted by Crippen LogP contribution is -2.45. The van der Waals surface area contributed by atoms with Gasteiger partial charge in [-0.05, 0) is 5.92 Å². The Hall–Kier alpha value is -2.12. The Bertz CT molecular complexity index is 390. The smallest absolute Gasteiger partial charge is 0.315 e. The van der Waals surface area contributed by atoms with Crippen molar-refractivity contribution in [3.63, 3.8) is 0 Å². The van der Waals surface area contributed by atoms with E-state index in [4.69, 9.17) is 5.11 Å². The number of amides is 2. The van der Waals surface area contributed by atoms with Gasteiger partial charge in [0.15, 0.2) is 0 Å². The van der Waals surface area contributed by atoms with Crippen molar-refractivity contribution in [2.75, 3.05) is 0 Å². The summed E-state index contributed by atoms with van der Waals surface area (Å²) in [4.78, 5) is 26.1. The molecule has 1 aromatic heterocycles. The largest absolute Gasteiger partial charge is 0.481 e. The average Bonchev–Trinajstić information content (AvgIpc) is 2.77. The molecule has 4 N–H and O–H groups in total. The fourth-order valence-electron chi connectivity index (χ4n) is 1.34. The minimum atomic E-state index is -0.941. The Kier molecular flexibility index (Phi) is 5.09. The van der Waals surface area contributed by atoms with E-state index < -0.39 is 18.0 Å². The first-order valence-corrected chi connectivity index (χ1v) is 5.59. The molecule has 0 radical (unpaired) electrons. The summed E-state index contributed by atoms with van der Waals surface area (Å²) >= 11 is 0. The predicted octanol–water partition coefficient (Wildman–Crippen LogP) is 0.103. The second kappa shape index (κ2) is 6.58. The summed E-state index contributed by atoms with van der Waals surface area (Å²) in [6.45, 7) is 3.92. The zero-order chi connectivity index (χ0) is 13.5. The first-order chi connectivity index (χ1) is 8.49. The Morgan fingerprint density at radius 3 is 2.72 bits per heavy atom. The molecule has 2 amide bonds. The maximum absolute atomic E-state index is 11.6. The lowest BCUT2D eigenvalue weighted by molar-refractivity contribution is -0.137. The number of hydrogen-bond acceptors (Lipinski definition) is 4. The number of aromatic nitrogens is 3. The van der Waals surface area contributed by atoms with E-state index in [9.17, 15) is 9.59 Å². The SMILES string of the molecule is CC(C)C(CC(=O)O)NC(=O)NCc1ncn[nH]1. The van der Waals surface area contributed by atoms with Gasteiger partial charge in [-0.3, -0.25) is 9.89 Å². The standard InChI is InChI=1S/C10H17N5O3/c1-6(2)7(3-9(16)17)14-10(18)11-4-8-12-5-13-15-8/h5-7H,3-4H2,1-2H3,(H,16,17)(H2,11,14,18)(H,12,13,15). The number of H-pyrrole nitrogens is 1. The van der Waals surface area contributed by atoms with Crippen LogP contribution in [0.5, 0.6) is 0 Å². The number of rotatable bonds is 6. The number of aliphatic carboxylic acids is 1. The average molecular weight is 255 g/mol. The van der Waals surface area contributed by atoms with Gasteiger partial charge in [0.2, 0.25) is 0 Å². The normalized spacial score (nSPS) is 12.2. The second-order valence-electron chi connectivity index (χ2n) is 4.21. The van der Waals surface area contributed by atoms with Crippen LogP contribution in [0.3, 0.4) is 0 Å². The van der Waals surface area contributed by atoms with Crippen LogP contribution in [-0.4, -0.2) is 38.3 Å². The summed E-state index contributed by atoms with van der Waals surface area (Å²) in [6, 6.07) is -0.830. The van der Waals surface area contributed by atoms with E-state index in [0.717, 1.165) is 0 Å². The first kappa shape index (κ1) is 13.9. The molecule has 100 valence electrons. The molecule has 0 aliphatic heterocycles. The van der Waals surface area contributed by atoms with Crippen LogP contribution in [-0.2, 0) is 11.3 Å². The maximum atomic E-state index is 11.6. The molecular weight excluding hydrogens is 238 g/mol. The van der Waals surface area contributed by atoms with Gasteiger partial charge in [0.1, 0.15) is 12.2 Å². The van der Waals surface area contributed by atoms with Gasteiger partial charge in [-0.2, -0.15) is 5.10 Å². The molecule has 1 aromatic rings. The number of carboxylic acid groups (broad SMARTS) is 1. The molecule has 0 bridgehead atoms. The number of urea groups is 1. The van der Waals surface area contributed by atoms with E-state index >= 15 is 0 Å². The molecule has 1 rings (SSSR count). The number of carbonyl (C=O) groups excluding carboxylic acids is 1. The third-order valence-corrected chi connectivity index (χ3v) is 2.40. The van der Waals surface area contributed by atoms with Crippen molar-refractivity contribution in [2.24, 2.45) is 5.92 Å². The molecule has 0 spiro atoms. The highest BCUT2D eigenvalue weighted by atomic mass is 16.4. The number of carboxylic acids is 1. The second-order valence-corrected chi connectivity index (χ2v) is 4.21. The summed E-state index contributed by atoms with van der Waals surface area (Å²) in [5, 5.41) is 20.2. The molecule has 1 atom stereocenters. The van der Waals surface area contributed by atoms with Crippen molar-refractivity contribution >= 4 is 12.0 Å². The summed E-state index contributed by atoms with van der Waals surface area (Å²) in [6.07, 6.45) is 1.24. The molecular formula is C10H17N5O3. The molecule has 8 heteroatoms. The molecule has 0 aromatic carbocycles. The van der Waals surface area contributed by atoms with Crippen LogP contribution in [0.15, 0.2) is 6.33 Å². The summed E-state index contributed by atoms with van der Waals surface area (Å²) < 4.78 is 0. The van der Waals surface area contributed by atoms with Gasteiger partial charge in [0.25, 0.3) is 0 Å². The van der Waals surface area contributed by atoms with E-state index in [-0.39, 0.29) is 18.9 Å². The van der Waals surface area contributed by atoms with Crippen LogP contribution in [0.25, 0.3) is 0 Å². The van der Waals surface area contributed by atoms with Gasteiger partial charge in [-0.15, -0.1) is 0 Å². The Labute approximate surface area is 104 Å². The van der Waals surface area contributed by atoms with Gasteiger partial charge in [-0.25, -0.2) is 9.78 Å². The van der Waals surface area contributed by atoms with Gasteiger partial charge in [0, 0.05) is 6.04 Å². The number of aromatic amines is 1. The van der Waals surface area contributed by atoms with Gasteiger partial charge in [-0.1, -0.05) is 13.8 Å². The first-order valence-electron chi connectivity index (χ1n) is 5.59. The molecule has 0 aliphatic carbocycles. The molecule has 0 saturated carbocycles. The van der Waals surface area contributed by atoms with Gasteiger partial charge < -0.3 is 15.7 Å². The monoisotopic (exact) mass is 255 g/mol. The third-order valence-electron chi connectivity index (χ3n) is 2.40. The van der Waals surface area contributed by atoms with Crippen LogP contribution in [0.4, 0.5) is 4.79 Å². The molecule has 8 nitrogen and oxygen atoms in total. The lowest BCUT2D eigenvalue weighted by atomic mass is 10.0. The maximum Gasteiger partial charge on any atom is 0.315 e. The number of carbonyl (C=O) groups is 2. The summed E-state index contributed by atoms with van der Waals surface area (Å²) in [5.41, 5.74) is 0. The van der Waals surface area contributed by atoms with Gasteiger partial charge in [0.05, 0.1) is 13.0 Å². The Morgan fingerprint density at radius 1 is 1.50 bits per heavy atom. The zero-order valence-corrected chi connectivity index (χ0v) is 10.3. The van der Waals surface area contributed by atoms with E-state index in [0.29, 0.717) is 5.82 Å². The Balaban J connectivity index is 2.38. The highest BCUT2D eigenvalue weighted by molar-refractivity contribution is 5.75. The van der Waals surface area contributed by atoms with E-state index in [1.807, 2.05) is 13.8 Å². The topological polar surface area (TPSA) is 120 Å². The van der Waals surface area contributed by atoms with Crippen molar-refractivity contribution in [1.29, 1.82) is 0 Å². The Morgan fingerprint density at radius 2 is 2.22 bits per heavy atom. The summed E-state index contributed by atoms with van der Waals surface area (Å²) in [5.74, 6) is -0.370. The number of nitrogens with one attached hydrogen (secondary N) is 3. The van der Waals surface area contributed by atoms with Crippen LogP contribution in [0, 0.1) is 5.92 Å². The minimum Gasteiger partial charge on any atom is -0.481 e. The van der Waals surface area contributed by atoms with E-state index in [1.54, 1.807) is 0 Å². The van der Waals surface area contributed by atoms with Crippen LogP contribution in [0.2, 0.25) is 0 Å². The van der Waals surface area contributed by atoms with Crippen molar-refractivity contribution in [3.8, 4) is 0 Å². The fourth-order valence-corrected chi connectivity index (χ4v) is 1.34. The van der Waals surface area contributed by atoms with Crippen molar-refractivity contribution in [2.45, 2.75) is 32.9 Å². The zero-order valence-electron chi connectivity index (χ0n) is 10.3. The van der Waals surface area contributed by atoms with E-state index in [1.165, 1.54) is 6.33 Å². The van der Waals surface area contributed by atoms with Crippen LogP contribution in [0.1, 0.15) is 26.1 Å². The lowest BCUT2D eigenvalue weighted by Gasteiger charge is -2.20. The highest BCUT2D eigenvalue weighted by Crippen LogP contribution is 2.05. The van der Waals surface area contributed by atoms with Crippen molar-refractivity contribution in [1.82, 2.24) is 25.8 Å². The molecule has 0 aliphatic rings. The van der Waals surface area contributed by atoms with Crippen molar-refractivity contribution < 1.29 is 14.7 Å². The van der Waals surface area contributed by atoms with Crippen LogP contribution >= 0.6 is 0 Å². The predicted molar refractivity (Wildman–Crippen MR) is 62.6 cm³/mol. The minimum absolute atomic E-state index is 0.0390. The fraction of sp³-hybridized carbons (Fsp3) is 0.600. The number of nitrogens with zero attached hydrogens (tertiary/aromatic N) is 2. The van der Waals surface area contributed by atoms with Crippen LogP contribution < -0.4 is 10.6 Å². The molecule has 18 heavy (non-hydrogen) atoms. The molecule has 0 saturated heterocycles. The summed E-state index contributed by atoms with van der Waals surface area (Å²) in [7, 11) is 0. The highest BCUT2D eigenvalue weighted by Gasteiger charge is 2.19. The number of hydrogen-bond donors (Lipinski definition) is 4. The quantitative estimate of drug-likeness (QED) is 0.574. The van der Waals surface area contributed by atoms with Gasteiger partial charge >= 0.3 is 12.0 Å². The van der Waals surface area contributed by atoms with E-state index in [2.05, 4.69) is 25.8 Å².